The zero-order valence-electron chi connectivity index (χ0n) is 11.1. The van der Waals surface area contributed by atoms with Gasteiger partial charge in [-0.25, -0.2) is 9.97 Å². The summed E-state index contributed by atoms with van der Waals surface area (Å²) >= 11 is 1.62. The SMILES string of the molecule is c1cc(-c2ccncc2)cc(-c2nc3cccnc3s2)c1. The van der Waals surface area contributed by atoms with Crippen molar-refractivity contribution in [2.75, 3.05) is 0 Å². The minimum atomic E-state index is 0.951. The first-order valence-corrected chi connectivity index (χ1v) is 7.44. The number of hydrogen-bond donors (Lipinski definition) is 0. The summed E-state index contributed by atoms with van der Waals surface area (Å²) in [7, 11) is 0. The van der Waals surface area contributed by atoms with Gasteiger partial charge >= 0.3 is 0 Å². The second-order valence-corrected chi connectivity index (χ2v) is 5.64. The van der Waals surface area contributed by atoms with Gasteiger partial charge in [-0.05, 0) is 41.5 Å². The van der Waals surface area contributed by atoms with Crippen LogP contribution in [0.4, 0.5) is 0 Å². The molecule has 0 radical (unpaired) electrons. The van der Waals surface area contributed by atoms with Crippen molar-refractivity contribution >= 4 is 21.7 Å². The van der Waals surface area contributed by atoms with E-state index in [2.05, 4.69) is 39.2 Å². The maximum atomic E-state index is 4.66. The molecule has 3 heterocycles. The third-order valence-electron chi connectivity index (χ3n) is 3.29. The quantitative estimate of drug-likeness (QED) is 0.548. The van der Waals surface area contributed by atoms with E-state index >= 15 is 0 Å². The molecular formula is C17H11N3S. The van der Waals surface area contributed by atoms with Crippen molar-refractivity contribution in [2.24, 2.45) is 0 Å². The Labute approximate surface area is 126 Å². The number of thiazole rings is 1. The van der Waals surface area contributed by atoms with Gasteiger partial charge in [0.15, 0.2) is 0 Å². The predicted molar refractivity (Wildman–Crippen MR) is 86.1 cm³/mol. The third kappa shape index (κ3) is 2.30. The van der Waals surface area contributed by atoms with Crippen molar-refractivity contribution in [1.82, 2.24) is 15.0 Å². The maximum Gasteiger partial charge on any atom is 0.143 e. The van der Waals surface area contributed by atoms with Crippen LogP contribution >= 0.6 is 11.3 Å². The highest BCUT2D eigenvalue weighted by Crippen LogP contribution is 2.31. The van der Waals surface area contributed by atoms with Crippen LogP contribution in [0.1, 0.15) is 0 Å². The van der Waals surface area contributed by atoms with Gasteiger partial charge in [-0.15, -0.1) is 0 Å². The van der Waals surface area contributed by atoms with Crippen molar-refractivity contribution < 1.29 is 0 Å². The second kappa shape index (κ2) is 5.07. The van der Waals surface area contributed by atoms with Gasteiger partial charge in [0.05, 0.1) is 0 Å². The molecule has 4 heteroatoms. The summed E-state index contributed by atoms with van der Waals surface area (Å²) in [5.74, 6) is 0. The summed E-state index contributed by atoms with van der Waals surface area (Å²) in [4.78, 5) is 14.1. The Morgan fingerprint density at radius 2 is 1.62 bits per heavy atom. The van der Waals surface area contributed by atoms with Crippen LogP contribution in [0.25, 0.3) is 32.0 Å². The number of nitrogens with zero attached hydrogens (tertiary/aromatic N) is 3. The van der Waals surface area contributed by atoms with Gasteiger partial charge in [0.1, 0.15) is 15.4 Å². The summed E-state index contributed by atoms with van der Waals surface area (Å²) in [6.45, 7) is 0. The monoisotopic (exact) mass is 289 g/mol. The summed E-state index contributed by atoms with van der Waals surface area (Å²) in [5, 5.41) is 1.000. The van der Waals surface area contributed by atoms with Gasteiger partial charge in [0.2, 0.25) is 0 Å². The number of pyridine rings is 2. The molecule has 0 aliphatic carbocycles. The largest absolute Gasteiger partial charge is 0.265 e. The van der Waals surface area contributed by atoms with E-state index < -0.39 is 0 Å². The van der Waals surface area contributed by atoms with E-state index in [-0.39, 0.29) is 0 Å². The lowest BCUT2D eigenvalue weighted by Crippen LogP contribution is -1.81. The minimum absolute atomic E-state index is 0.951. The maximum absolute atomic E-state index is 4.66. The smallest absolute Gasteiger partial charge is 0.143 e. The Hall–Kier alpha value is -2.59. The normalized spacial score (nSPS) is 10.9. The first kappa shape index (κ1) is 12.2. The van der Waals surface area contributed by atoms with E-state index in [0.717, 1.165) is 26.5 Å². The molecule has 0 N–H and O–H groups in total. The van der Waals surface area contributed by atoms with Crippen LogP contribution in [0.2, 0.25) is 0 Å². The average Bonchev–Trinajstić information content (AvgIpc) is 3.00. The summed E-state index contributed by atoms with van der Waals surface area (Å²) < 4.78 is 0. The van der Waals surface area contributed by atoms with Gasteiger partial charge in [0.25, 0.3) is 0 Å². The molecule has 0 saturated carbocycles. The predicted octanol–water partition coefficient (Wildman–Crippen LogP) is 4.42. The van der Waals surface area contributed by atoms with E-state index in [1.54, 1.807) is 17.5 Å². The third-order valence-corrected chi connectivity index (χ3v) is 4.32. The topological polar surface area (TPSA) is 38.7 Å². The first-order valence-electron chi connectivity index (χ1n) is 6.62. The van der Waals surface area contributed by atoms with Crippen LogP contribution in [-0.4, -0.2) is 15.0 Å². The molecule has 0 saturated heterocycles. The van der Waals surface area contributed by atoms with Crippen LogP contribution in [-0.2, 0) is 0 Å². The lowest BCUT2D eigenvalue weighted by atomic mass is 10.0. The van der Waals surface area contributed by atoms with Crippen LogP contribution < -0.4 is 0 Å². The Kier molecular flexibility index (Phi) is 2.94. The summed E-state index contributed by atoms with van der Waals surface area (Å²) in [6.07, 6.45) is 5.42. The lowest BCUT2D eigenvalue weighted by Gasteiger charge is -2.03. The van der Waals surface area contributed by atoms with E-state index in [4.69, 9.17) is 0 Å². The molecule has 0 aliphatic rings. The number of benzene rings is 1. The zero-order valence-corrected chi connectivity index (χ0v) is 11.9. The fraction of sp³-hybridized carbons (Fsp3) is 0. The molecule has 100 valence electrons. The average molecular weight is 289 g/mol. The zero-order chi connectivity index (χ0) is 14.1. The van der Waals surface area contributed by atoms with Crippen molar-refractivity contribution in [2.45, 2.75) is 0 Å². The standard InChI is InChI=1S/C17H11N3S/c1-3-13(12-6-9-18-10-7-12)11-14(4-1)16-20-15-5-2-8-19-17(15)21-16/h1-11H. The molecule has 4 aromatic rings. The van der Waals surface area contributed by atoms with Gasteiger partial charge in [-0.1, -0.05) is 29.5 Å². The van der Waals surface area contributed by atoms with Gasteiger partial charge < -0.3 is 0 Å². The molecule has 0 bridgehead atoms. The van der Waals surface area contributed by atoms with Gasteiger partial charge in [0, 0.05) is 24.2 Å². The van der Waals surface area contributed by atoms with Crippen LogP contribution in [0.5, 0.6) is 0 Å². The van der Waals surface area contributed by atoms with Crippen LogP contribution in [0.15, 0.2) is 67.1 Å². The number of rotatable bonds is 2. The highest BCUT2D eigenvalue weighted by molar-refractivity contribution is 7.21. The number of hydrogen-bond acceptors (Lipinski definition) is 4. The van der Waals surface area contributed by atoms with Gasteiger partial charge in [-0.2, -0.15) is 0 Å². The van der Waals surface area contributed by atoms with Gasteiger partial charge in [-0.3, -0.25) is 4.98 Å². The molecule has 3 aromatic heterocycles. The fourth-order valence-corrected chi connectivity index (χ4v) is 3.17. The highest BCUT2D eigenvalue weighted by Gasteiger charge is 2.07. The fourth-order valence-electron chi connectivity index (χ4n) is 2.27. The Balaban J connectivity index is 1.82. The Morgan fingerprint density at radius 3 is 2.48 bits per heavy atom. The molecular weight excluding hydrogens is 278 g/mol. The summed E-state index contributed by atoms with van der Waals surface area (Å²) in [6, 6.07) is 16.3. The van der Waals surface area contributed by atoms with Crippen molar-refractivity contribution in [3.05, 3.63) is 67.1 Å². The molecule has 4 rings (SSSR count). The molecule has 21 heavy (non-hydrogen) atoms. The van der Waals surface area contributed by atoms with Crippen molar-refractivity contribution in [3.63, 3.8) is 0 Å². The lowest BCUT2D eigenvalue weighted by molar-refractivity contribution is 1.33. The van der Waals surface area contributed by atoms with Crippen LogP contribution in [0.3, 0.4) is 0 Å². The summed E-state index contributed by atoms with van der Waals surface area (Å²) in [5.41, 5.74) is 4.40. The molecule has 0 aliphatic heterocycles. The Bertz CT molecular complexity index is 867. The van der Waals surface area contributed by atoms with E-state index in [0.29, 0.717) is 0 Å². The van der Waals surface area contributed by atoms with E-state index in [1.165, 1.54) is 5.56 Å². The molecule has 0 spiro atoms. The highest BCUT2D eigenvalue weighted by atomic mass is 32.1. The second-order valence-electron chi connectivity index (χ2n) is 4.66. The molecule has 0 atom stereocenters. The molecule has 3 nitrogen and oxygen atoms in total. The molecule has 0 unspecified atom stereocenters. The number of fused-ring (bicyclic) bond motifs is 1. The van der Waals surface area contributed by atoms with E-state index in [1.807, 2.05) is 36.7 Å². The Morgan fingerprint density at radius 1 is 0.762 bits per heavy atom. The molecule has 0 amide bonds. The minimum Gasteiger partial charge on any atom is -0.265 e. The van der Waals surface area contributed by atoms with E-state index in [9.17, 15) is 0 Å². The first-order chi connectivity index (χ1) is 10.4. The van der Waals surface area contributed by atoms with Crippen LogP contribution in [0, 0.1) is 0 Å². The molecule has 1 aromatic carbocycles. The van der Waals surface area contributed by atoms with Crippen molar-refractivity contribution in [1.29, 1.82) is 0 Å². The molecule has 0 fully saturated rings. The van der Waals surface area contributed by atoms with Crippen molar-refractivity contribution in [3.8, 4) is 21.7 Å². The number of aromatic nitrogens is 3.